The number of para-hydroxylation sites is 1. The summed E-state index contributed by atoms with van der Waals surface area (Å²) in [5, 5.41) is 5.35. The van der Waals surface area contributed by atoms with Gasteiger partial charge in [-0.05, 0) is 30.7 Å². The number of benzene rings is 1. The third kappa shape index (κ3) is 5.85. The average molecular weight is 333 g/mol. The largest absolute Gasteiger partial charge is 0.493 e. The van der Waals surface area contributed by atoms with Crippen LogP contribution < -0.4 is 21.1 Å². The van der Waals surface area contributed by atoms with Crippen LogP contribution in [-0.4, -0.2) is 31.0 Å². The van der Waals surface area contributed by atoms with Crippen molar-refractivity contribution in [2.75, 3.05) is 13.2 Å². The highest BCUT2D eigenvalue weighted by molar-refractivity contribution is 5.87. The van der Waals surface area contributed by atoms with Gasteiger partial charge in [-0.2, -0.15) is 0 Å². The van der Waals surface area contributed by atoms with Crippen LogP contribution in [0.4, 0.5) is 0 Å². The summed E-state index contributed by atoms with van der Waals surface area (Å²) in [4.78, 5) is 23.6. The molecule has 1 aliphatic carbocycles. The molecule has 0 heterocycles. The maximum absolute atomic E-state index is 11.9. The lowest BCUT2D eigenvalue weighted by molar-refractivity contribution is -0.127. The summed E-state index contributed by atoms with van der Waals surface area (Å²) in [6.45, 7) is 4.75. The van der Waals surface area contributed by atoms with Crippen LogP contribution in [0.15, 0.2) is 24.3 Å². The molecular formula is C18H27N3O3. The molecule has 1 aromatic carbocycles. The first-order valence-corrected chi connectivity index (χ1v) is 8.48. The molecule has 132 valence electrons. The zero-order chi connectivity index (χ0) is 17.5. The monoisotopic (exact) mass is 333 g/mol. The van der Waals surface area contributed by atoms with Crippen LogP contribution in [0.5, 0.6) is 5.75 Å². The number of hydrogen-bond acceptors (Lipinski definition) is 4. The van der Waals surface area contributed by atoms with E-state index < -0.39 is 6.04 Å². The van der Waals surface area contributed by atoms with Crippen LogP contribution in [0, 0.1) is 11.8 Å². The second-order valence-corrected chi connectivity index (χ2v) is 6.63. The van der Waals surface area contributed by atoms with Crippen molar-refractivity contribution in [3.8, 4) is 5.75 Å². The van der Waals surface area contributed by atoms with E-state index in [2.05, 4.69) is 10.6 Å². The number of nitrogens with one attached hydrogen (secondary N) is 2. The quantitative estimate of drug-likeness (QED) is 0.633. The van der Waals surface area contributed by atoms with Gasteiger partial charge in [-0.3, -0.25) is 9.59 Å². The van der Waals surface area contributed by atoms with Crippen molar-refractivity contribution in [2.24, 2.45) is 17.6 Å². The molecule has 2 rings (SSSR count). The molecule has 6 heteroatoms. The van der Waals surface area contributed by atoms with Gasteiger partial charge in [0.05, 0.1) is 19.2 Å². The Morgan fingerprint density at radius 2 is 1.96 bits per heavy atom. The fourth-order valence-electron chi connectivity index (χ4n) is 2.13. The lowest BCUT2D eigenvalue weighted by atomic mass is 10.1. The van der Waals surface area contributed by atoms with Crippen molar-refractivity contribution in [3.63, 3.8) is 0 Å². The molecule has 0 bridgehead atoms. The third-order valence-corrected chi connectivity index (χ3v) is 4.06. The summed E-state index contributed by atoms with van der Waals surface area (Å²) in [5.74, 6) is 0.941. The Morgan fingerprint density at radius 3 is 2.62 bits per heavy atom. The predicted octanol–water partition coefficient (Wildman–Crippen LogP) is 1.19. The summed E-state index contributed by atoms with van der Waals surface area (Å²) in [7, 11) is 0. The summed E-state index contributed by atoms with van der Waals surface area (Å²) in [6, 6.07) is 7.06. The van der Waals surface area contributed by atoms with E-state index in [1.165, 1.54) is 12.8 Å². The minimum Gasteiger partial charge on any atom is -0.493 e. The molecule has 0 unspecified atom stereocenters. The summed E-state index contributed by atoms with van der Waals surface area (Å²) in [5.41, 5.74) is 6.66. The number of hydrogen-bond donors (Lipinski definition) is 3. The van der Waals surface area contributed by atoms with Crippen LogP contribution in [0.2, 0.25) is 0 Å². The molecule has 1 aliphatic rings. The number of amides is 2. The standard InChI is InChI=1S/C18H27N3O3/c1-12(2)17(19)18(23)21-10-16(22)20-9-14-5-3-4-6-15(14)24-11-13-7-8-13/h3-6,12-13,17H,7-11,19H2,1-2H3,(H,20,22)(H,21,23)/t17-/m0/s1. The maximum Gasteiger partial charge on any atom is 0.239 e. The zero-order valence-corrected chi connectivity index (χ0v) is 14.4. The number of carbonyl (C=O) groups is 2. The number of nitrogens with two attached hydrogens (primary N) is 1. The van der Waals surface area contributed by atoms with Crippen LogP contribution in [0.25, 0.3) is 0 Å². The normalized spacial score (nSPS) is 15.0. The van der Waals surface area contributed by atoms with Gasteiger partial charge in [-0.25, -0.2) is 0 Å². The van der Waals surface area contributed by atoms with E-state index >= 15 is 0 Å². The first-order valence-electron chi connectivity index (χ1n) is 8.48. The van der Waals surface area contributed by atoms with Gasteiger partial charge in [0.15, 0.2) is 0 Å². The highest BCUT2D eigenvalue weighted by atomic mass is 16.5. The lowest BCUT2D eigenvalue weighted by Crippen LogP contribution is -2.47. The molecule has 1 fully saturated rings. The van der Waals surface area contributed by atoms with Crippen molar-refractivity contribution < 1.29 is 14.3 Å². The molecule has 1 saturated carbocycles. The van der Waals surface area contributed by atoms with Crippen LogP contribution in [-0.2, 0) is 16.1 Å². The Hall–Kier alpha value is -2.08. The van der Waals surface area contributed by atoms with Gasteiger partial charge < -0.3 is 21.1 Å². The van der Waals surface area contributed by atoms with E-state index in [1.807, 2.05) is 38.1 Å². The maximum atomic E-state index is 11.9. The van der Waals surface area contributed by atoms with Gasteiger partial charge in [0, 0.05) is 12.1 Å². The number of carbonyl (C=O) groups excluding carboxylic acids is 2. The fourth-order valence-corrected chi connectivity index (χ4v) is 2.13. The van der Waals surface area contributed by atoms with E-state index in [4.69, 9.17) is 10.5 Å². The van der Waals surface area contributed by atoms with Gasteiger partial charge in [-0.1, -0.05) is 32.0 Å². The lowest BCUT2D eigenvalue weighted by Gasteiger charge is -2.15. The molecule has 0 saturated heterocycles. The SMILES string of the molecule is CC(C)[C@H](N)C(=O)NCC(=O)NCc1ccccc1OCC1CC1. The minimum absolute atomic E-state index is 0.0311. The molecule has 4 N–H and O–H groups in total. The van der Waals surface area contributed by atoms with Gasteiger partial charge in [-0.15, -0.1) is 0 Å². The average Bonchev–Trinajstić information content (AvgIpc) is 3.40. The Balaban J connectivity index is 1.76. The van der Waals surface area contributed by atoms with E-state index in [-0.39, 0.29) is 24.3 Å². The molecule has 0 spiro atoms. The zero-order valence-electron chi connectivity index (χ0n) is 14.4. The second kappa shape index (κ2) is 8.68. The van der Waals surface area contributed by atoms with Crippen molar-refractivity contribution in [1.29, 1.82) is 0 Å². The van der Waals surface area contributed by atoms with E-state index in [1.54, 1.807) is 0 Å². The van der Waals surface area contributed by atoms with E-state index in [9.17, 15) is 9.59 Å². The molecule has 0 radical (unpaired) electrons. The second-order valence-electron chi connectivity index (χ2n) is 6.63. The Kier molecular flexibility index (Phi) is 6.61. The van der Waals surface area contributed by atoms with Crippen molar-refractivity contribution >= 4 is 11.8 Å². The molecule has 6 nitrogen and oxygen atoms in total. The first kappa shape index (κ1) is 18.3. The highest BCUT2D eigenvalue weighted by Gasteiger charge is 2.22. The van der Waals surface area contributed by atoms with Crippen LogP contribution in [0.3, 0.4) is 0 Å². The van der Waals surface area contributed by atoms with Crippen LogP contribution in [0.1, 0.15) is 32.3 Å². The molecule has 0 aromatic heterocycles. The summed E-state index contributed by atoms with van der Waals surface area (Å²) < 4.78 is 5.81. The predicted molar refractivity (Wildman–Crippen MR) is 92.3 cm³/mol. The molecule has 1 aromatic rings. The highest BCUT2D eigenvalue weighted by Crippen LogP contribution is 2.30. The first-order chi connectivity index (χ1) is 11.5. The number of ether oxygens (including phenoxy) is 1. The van der Waals surface area contributed by atoms with Crippen molar-refractivity contribution in [2.45, 2.75) is 39.3 Å². The van der Waals surface area contributed by atoms with Crippen molar-refractivity contribution in [1.82, 2.24) is 10.6 Å². The Morgan fingerprint density at radius 1 is 1.25 bits per heavy atom. The minimum atomic E-state index is -0.602. The molecule has 2 amide bonds. The van der Waals surface area contributed by atoms with Gasteiger partial charge >= 0.3 is 0 Å². The molecular weight excluding hydrogens is 306 g/mol. The smallest absolute Gasteiger partial charge is 0.239 e. The molecule has 0 aliphatic heterocycles. The molecule has 1 atom stereocenters. The van der Waals surface area contributed by atoms with E-state index in [0.29, 0.717) is 12.5 Å². The van der Waals surface area contributed by atoms with Gasteiger partial charge in [0.25, 0.3) is 0 Å². The van der Waals surface area contributed by atoms with Gasteiger partial charge in [0.2, 0.25) is 11.8 Å². The molecule has 24 heavy (non-hydrogen) atoms. The Bertz CT molecular complexity index is 570. The summed E-state index contributed by atoms with van der Waals surface area (Å²) >= 11 is 0. The Labute approximate surface area is 143 Å². The number of rotatable bonds is 9. The third-order valence-electron chi connectivity index (χ3n) is 4.06. The van der Waals surface area contributed by atoms with Crippen LogP contribution >= 0.6 is 0 Å². The summed E-state index contributed by atoms with van der Waals surface area (Å²) in [6.07, 6.45) is 2.47. The van der Waals surface area contributed by atoms with Gasteiger partial charge in [0.1, 0.15) is 5.75 Å². The van der Waals surface area contributed by atoms with Crippen molar-refractivity contribution in [3.05, 3.63) is 29.8 Å². The van der Waals surface area contributed by atoms with E-state index in [0.717, 1.165) is 17.9 Å². The topological polar surface area (TPSA) is 93.5 Å². The fraction of sp³-hybridized carbons (Fsp3) is 0.556.